The fourth-order valence-electron chi connectivity index (χ4n) is 10.2. The Balaban J connectivity index is 0.927. The molecule has 0 saturated heterocycles. The third-order valence-electron chi connectivity index (χ3n) is 13.4. The molecule has 0 radical (unpaired) electrons. The van der Waals surface area contributed by atoms with E-state index in [4.69, 9.17) is 8.83 Å². The maximum atomic E-state index is 6.40. The second-order valence-electron chi connectivity index (χ2n) is 17.2. The fourth-order valence-corrected chi connectivity index (χ4v) is 10.2. The van der Waals surface area contributed by atoms with Crippen LogP contribution in [0.4, 0.5) is 0 Å². The SMILES string of the molecule is c1ccc(-c2ccc(-c3ccc(C(c4cccc(-c5ccc6oc7ccc8ccccc8c7c6c5)c4)c4cccc(-c5ccc6oc7ccc8ccccc8c7c6c5)c4)cc3)cc2)cc1. The number of benzene rings is 11. The predicted molar refractivity (Wildman–Crippen MR) is 272 cm³/mol. The van der Waals surface area contributed by atoms with Crippen LogP contribution in [0.25, 0.3) is 110 Å². The van der Waals surface area contributed by atoms with Crippen molar-refractivity contribution < 1.29 is 8.83 Å². The second kappa shape index (κ2) is 15.1. The summed E-state index contributed by atoms with van der Waals surface area (Å²) in [5, 5.41) is 9.42. The number of hydrogen-bond donors (Lipinski definition) is 0. The molecule has 0 fully saturated rings. The summed E-state index contributed by atoms with van der Waals surface area (Å²) in [7, 11) is 0. The van der Waals surface area contributed by atoms with Crippen LogP contribution in [0.1, 0.15) is 22.6 Å². The molecule has 0 N–H and O–H groups in total. The topological polar surface area (TPSA) is 26.3 Å². The summed E-state index contributed by atoms with van der Waals surface area (Å²) in [4.78, 5) is 0. The highest BCUT2D eigenvalue weighted by Crippen LogP contribution is 2.41. The summed E-state index contributed by atoms with van der Waals surface area (Å²) >= 11 is 0. The average molecular weight is 829 g/mol. The predicted octanol–water partition coefficient (Wildman–Crippen LogP) is 17.6. The summed E-state index contributed by atoms with van der Waals surface area (Å²) in [5.74, 6) is -0.0331. The van der Waals surface area contributed by atoms with Crippen molar-refractivity contribution in [2.45, 2.75) is 5.92 Å². The van der Waals surface area contributed by atoms with Gasteiger partial charge in [-0.25, -0.2) is 0 Å². The van der Waals surface area contributed by atoms with Gasteiger partial charge < -0.3 is 8.83 Å². The lowest BCUT2D eigenvalue weighted by atomic mass is 9.82. The van der Waals surface area contributed by atoms with E-state index in [0.29, 0.717) is 0 Å². The van der Waals surface area contributed by atoms with Gasteiger partial charge in [-0.3, -0.25) is 0 Å². The zero-order chi connectivity index (χ0) is 42.8. The number of furan rings is 2. The van der Waals surface area contributed by atoms with Gasteiger partial charge in [-0.05, 0) is 119 Å². The molecule has 0 spiro atoms. The van der Waals surface area contributed by atoms with Crippen LogP contribution in [0.5, 0.6) is 0 Å². The Morgan fingerprint density at radius 3 is 1.12 bits per heavy atom. The van der Waals surface area contributed by atoms with Crippen molar-refractivity contribution in [1.82, 2.24) is 0 Å². The zero-order valence-electron chi connectivity index (χ0n) is 35.4. The Morgan fingerprint density at radius 1 is 0.231 bits per heavy atom. The Labute approximate surface area is 376 Å². The van der Waals surface area contributed by atoms with Crippen LogP contribution in [0.3, 0.4) is 0 Å². The van der Waals surface area contributed by atoms with Gasteiger partial charge in [0.1, 0.15) is 22.3 Å². The monoisotopic (exact) mass is 828 g/mol. The van der Waals surface area contributed by atoms with Gasteiger partial charge in [0.25, 0.3) is 0 Å². The summed E-state index contributed by atoms with van der Waals surface area (Å²) in [6.45, 7) is 0. The van der Waals surface area contributed by atoms with Crippen molar-refractivity contribution in [3.8, 4) is 44.5 Å². The minimum absolute atomic E-state index is 0.0331. The molecule has 0 aliphatic heterocycles. The van der Waals surface area contributed by atoms with Crippen LogP contribution < -0.4 is 0 Å². The number of hydrogen-bond acceptors (Lipinski definition) is 2. The smallest absolute Gasteiger partial charge is 0.136 e. The Bertz CT molecular complexity index is 3730. The van der Waals surface area contributed by atoms with Crippen LogP contribution in [-0.4, -0.2) is 0 Å². The average Bonchev–Trinajstić information content (AvgIpc) is 3.96. The molecule has 13 rings (SSSR count). The lowest BCUT2D eigenvalue weighted by Crippen LogP contribution is -2.04. The minimum atomic E-state index is -0.0331. The molecule has 0 aliphatic rings. The first kappa shape index (κ1) is 37.1. The normalized spacial score (nSPS) is 11.8. The van der Waals surface area contributed by atoms with E-state index in [1.165, 1.54) is 71.6 Å². The van der Waals surface area contributed by atoms with Gasteiger partial charge in [0.15, 0.2) is 0 Å². The molecule has 2 heteroatoms. The molecule has 2 heterocycles. The van der Waals surface area contributed by atoms with Crippen molar-refractivity contribution in [2.24, 2.45) is 0 Å². The third-order valence-corrected chi connectivity index (χ3v) is 13.4. The minimum Gasteiger partial charge on any atom is -0.456 e. The van der Waals surface area contributed by atoms with E-state index in [1.807, 2.05) is 0 Å². The molecule has 304 valence electrons. The van der Waals surface area contributed by atoms with E-state index in [9.17, 15) is 0 Å². The van der Waals surface area contributed by atoms with Crippen LogP contribution in [-0.2, 0) is 0 Å². The Kier molecular flexibility index (Phi) is 8.63. The van der Waals surface area contributed by atoms with E-state index in [-0.39, 0.29) is 5.92 Å². The highest BCUT2D eigenvalue weighted by atomic mass is 16.3. The maximum Gasteiger partial charge on any atom is 0.136 e. The van der Waals surface area contributed by atoms with E-state index in [2.05, 4.69) is 237 Å². The molecular formula is C63H40O2. The summed E-state index contributed by atoms with van der Waals surface area (Å²) in [5.41, 5.74) is 16.8. The molecule has 2 nitrogen and oxygen atoms in total. The fraction of sp³-hybridized carbons (Fsp3) is 0.0159. The number of rotatable bonds is 7. The largest absolute Gasteiger partial charge is 0.456 e. The molecule has 0 atom stereocenters. The van der Waals surface area contributed by atoms with Crippen molar-refractivity contribution in [2.75, 3.05) is 0 Å². The molecule has 13 aromatic rings. The van der Waals surface area contributed by atoms with Crippen LogP contribution >= 0.6 is 0 Å². The second-order valence-corrected chi connectivity index (χ2v) is 17.2. The highest BCUT2D eigenvalue weighted by molar-refractivity contribution is 6.20. The van der Waals surface area contributed by atoms with Crippen molar-refractivity contribution in [3.05, 3.63) is 253 Å². The number of fused-ring (bicyclic) bond motifs is 10. The molecule has 0 unspecified atom stereocenters. The van der Waals surface area contributed by atoms with Gasteiger partial charge in [0, 0.05) is 27.5 Å². The molecule has 0 bridgehead atoms. The first-order chi connectivity index (χ1) is 32.2. The van der Waals surface area contributed by atoms with Gasteiger partial charge >= 0.3 is 0 Å². The van der Waals surface area contributed by atoms with Gasteiger partial charge in [-0.15, -0.1) is 0 Å². The third kappa shape index (κ3) is 6.41. The quantitative estimate of drug-likeness (QED) is 0.150. The van der Waals surface area contributed by atoms with Crippen LogP contribution in [0, 0.1) is 0 Å². The zero-order valence-corrected chi connectivity index (χ0v) is 35.4. The van der Waals surface area contributed by atoms with Gasteiger partial charge in [-0.2, -0.15) is 0 Å². The molecule has 2 aromatic heterocycles. The lowest BCUT2D eigenvalue weighted by molar-refractivity contribution is 0.669. The van der Waals surface area contributed by atoms with E-state index >= 15 is 0 Å². The molecule has 0 amide bonds. The van der Waals surface area contributed by atoms with Crippen LogP contribution in [0.2, 0.25) is 0 Å². The molecular weight excluding hydrogens is 789 g/mol. The summed E-state index contributed by atoms with van der Waals surface area (Å²) < 4.78 is 12.8. The Hall–Kier alpha value is -8.46. The lowest BCUT2D eigenvalue weighted by Gasteiger charge is -2.21. The van der Waals surface area contributed by atoms with Crippen molar-refractivity contribution in [1.29, 1.82) is 0 Å². The summed E-state index contributed by atoms with van der Waals surface area (Å²) in [6.07, 6.45) is 0. The van der Waals surface area contributed by atoms with Crippen molar-refractivity contribution >= 4 is 65.4 Å². The maximum absolute atomic E-state index is 6.40. The molecule has 11 aromatic carbocycles. The van der Waals surface area contributed by atoms with E-state index < -0.39 is 0 Å². The molecule has 0 aliphatic carbocycles. The van der Waals surface area contributed by atoms with E-state index in [0.717, 1.165) is 55.0 Å². The van der Waals surface area contributed by atoms with Gasteiger partial charge in [0.05, 0.1) is 0 Å². The highest BCUT2D eigenvalue weighted by Gasteiger charge is 2.20. The molecule has 0 saturated carbocycles. The first-order valence-corrected chi connectivity index (χ1v) is 22.3. The standard InChI is InChI=1S/C63H40O2/c1-2-10-40(11-3-1)41-20-22-42(23-21-41)43-24-26-46(27-25-43)61(51-16-8-14-47(36-51)49-30-32-57-55(38-49)62-53-18-6-4-12-44(53)28-34-59(62)64-57)52-17-9-15-48(37-52)50-31-33-58-56(39-50)63-54-19-7-5-13-45(54)29-35-60(63)65-58/h1-39,61H. The van der Waals surface area contributed by atoms with Crippen molar-refractivity contribution in [3.63, 3.8) is 0 Å². The van der Waals surface area contributed by atoms with Gasteiger partial charge in [-0.1, -0.05) is 200 Å². The Morgan fingerprint density at radius 2 is 0.615 bits per heavy atom. The van der Waals surface area contributed by atoms with E-state index in [1.54, 1.807) is 0 Å². The summed E-state index contributed by atoms with van der Waals surface area (Å²) in [6, 6.07) is 85.7. The van der Waals surface area contributed by atoms with Gasteiger partial charge in [0.2, 0.25) is 0 Å². The molecule has 65 heavy (non-hydrogen) atoms. The first-order valence-electron chi connectivity index (χ1n) is 22.3. The van der Waals surface area contributed by atoms with Crippen LogP contribution in [0.15, 0.2) is 245 Å².